The minimum atomic E-state index is -0.0377. The second-order valence-electron chi connectivity index (χ2n) is 5.61. The van der Waals surface area contributed by atoms with E-state index < -0.39 is 0 Å². The average molecular weight is 265 g/mol. The topological polar surface area (TPSA) is 39.1 Å². The predicted octanol–water partition coefficient (Wildman–Crippen LogP) is 2.17. The Bertz CT molecular complexity index is 408. The minimum absolute atomic E-state index is 0.0377. The standard InChI is InChI=1S/C15H27N3O/c1-5-12-10-13(18(6-2)17-12)11-14(16-4)15(3)8-7-9-19-15/h10,14,16H,5-9,11H2,1-4H3. The molecule has 1 fully saturated rings. The van der Waals surface area contributed by atoms with Gasteiger partial charge in [-0.15, -0.1) is 0 Å². The number of rotatable bonds is 6. The maximum absolute atomic E-state index is 5.98. The van der Waals surface area contributed by atoms with Crippen LogP contribution in [0, 0.1) is 0 Å². The molecule has 4 nitrogen and oxygen atoms in total. The first kappa shape index (κ1) is 14.5. The number of nitrogens with one attached hydrogen (secondary N) is 1. The number of hydrogen-bond acceptors (Lipinski definition) is 3. The van der Waals surface area contributed by atoms with E-state index in [2.05, 4.69) is 41.9 Å². The third-order valence-corrected chi connectivity index (χ3v) is 4.32. The van der Waals surface area contributed by atoms with Crippen molar-refractivity contribution >= 4 is 0 Å². The van der Waals surface area contributed by atoms with Crippen LogP contribution in [0.25, 0.3) is 0 Å². The molecule has 0 bridgehead atoms. The Kier molecular flexibility index (Phi) is 4.63. The van der Waals surface area contributed by atoms with Crippen LogP contribution in [0.1, 0.15) is 45.0 Å². The van der Waals surface area contributed by atoms with Crippen LogP contribution in [0.15, 0.2) is 6.07 Å². The molecule has 1 N–H and O–H groups in total. The van der Waals surface area contributed by atoms with Crippen molar-refractivity contribution in [1.82, 2.24) is 15.1 Å². The zero-order valence-corrected chi connectivity index (χ0v) is 12.7. The van der Waals surface area contributed by atoms with Crippen LogP contribution in [-0.2, 0) is 24.1 Å². The number of aryl methyl sites for hydroxylation is 2. The fourth-order valence-electron chi connectivity index (χ4n) is 3.03. The quantitative estimate of drug-likeness (QED) is 0.857. The van der Waals surface area contributed by atoms with Gasteiger partial charge in [0, 0.05) is 31.3 Å². The predicted molar refractivity (Wildman–Crippen MR) is 77.4 cm³/mol. The van der Waals surface area contributed by atoms with Crippen molar-refractivity contribution in [3.63, 3.8) is 0 Å². The molecule has 0 saturated carbocycles. The van der Waals surface area contributed by atoms with E-state index in [4.69, 9.17) is 4.74 Å². The van der Waals surface area contributed by atoms with Crippen LogP contribution in [0.4, 0.5) is 0 Å². The van der Waals surface area contributed by atoms with Crippen LogP contribution in [0.3, 0.4) is 0 Å². The van der Waals surface area contributed by atoms with Crippen molar-refractivity contribution in [2.75, 3.05) is 13.7 Å². The van der Waals surface area contributed by atoms with Gasteiger partial charge in [-0.3, -0.25) is 4.68 Å². The van der Waals surface area contributed by atoms with E-state index in [0.29, 0.717) is 6.04 Å². The Morgan fingerprint density at radius 1 is 1.53 bits per heavy atom. The highest BCUT2D eigenvalue weighted by molar-refractivity contribution is 5.13. The average Bonchev–Trinajstić information content (AvgIpc) is 3.02. The first-order chi connectivity index (χ1) is 9.12. The largest absolute Gasteiger partial charge is 0.374 e. The number of nitrogens with zero attached hydrogens (tertiary/aromatic N) is 2. The maximum Gasteiger partial charge on any atom is 0.0811 e. The summed E-state index contributed by atoms with van der Waals surface area (Å²) in [5.41, 5.74) is 2.46. The zero-order chi connectivity index (χ0) is 13.9. The summed E-state index contributed by atoms with van der Waals surface area (Å²) < 4.78 is 8.11. The molecule has 2 heterocycles. The lowest BCUT2D eigenvalue weighted by Crippen LogP contribution is -2.48. The summed E-state index contributed by atoms with van der Waals surface area (Å²) in [7, 11) is 2.03. The summed E-state index contributed by atoms with van der Waals surface area (Å²) in [5, 5.41) is 8.08. The number of aromatic nitrogens is 2. The molecule has 4 heteroatoms. The summed E-state index contributed by atoms with van der Waals surface area (Å²) in [6.07, 6.45) is 4.28. The Balaban J connectivity index is 2.15. The van der Waals surface area contributed by atoms with Gasteiger partial charge in [0.2, 0.25) is 0 Å². The summed E-state index contributed by atoms with van der Waals surface area (Å²) in [4.78, 5) is 0. The van der Waals surface area contributed by atoms with Crippen molar-refractivity contribution in [3.8, 4) is 0 Å². The van der Waals surface area contributed by atoms with E-state index in [1.165, 1.54) is 17.8 Å². The van der Waals surface area contributed by atoms with Crippen molar-refractivity contribution in [2.45, 2.75) is 64.6 Å². The molecule has 1 aromatic heterocycles. The van der Waals surface area contributed by atoms with E-state index in [-0.39, 0.29) is 5.60 Å². The molecule has 0 amide bonds. The van der Waals surface area contributed by atoms with Gasteiger partial charge in [0.25, 0.3) is 0 Å². The van der Waals surface area contributed by atoms with E-state index in [9.17, 15) is 0 Å². The zero-order valence-electron chi connectivity index (χ0n) is 12.7. The lowest BCUT2D eigenvalue weighted by molar-refractivity contribution is -0.00990. The lowest BCUT2D eigenvalue weighted by atomic mass is 9.89. The second-order valence-corrected chi connectivity index (χ2v) is 5.61. The van der Waals surface area contributed by atoms with Crippen LogP contribution in [0.2, 0.25) is 0 Å². The second kappa shape index (κ2) is 6.06. The Hall–Kier alpha value is -0.870. The Morgan fingerprint density at radius 3 is 2.84 bits per heavy atom. The van der Waals surface area contributed by atoms with Crippen LogP contribution in [0.5, 0.6) is 0 Å². The van der Waals surface area contributed by atoms with Gasteiger partial charge >= 0.3 is 0 Å². The van der Waals surface area contributed by atoms with E-state index in [1.807, 2.05) is 7.05 Å². The third-order valence-electron chi connectivity index (χ3n) is 4.32. The minimum Gasteiger partial charge on any atom is -0.374 e. The number of ether oxygens (including phenoxy) is 1. The molecule has 108 valence electrons. The van der Waals surface area contributed by atoms with Crippen LogP contribution in [-0.4, -0.2) is 35.1 Å². The highest BCUT2D eigenvalue weighted by Gasteiger charge is 2.38. The molecule has 1 saturated heterocycles. The monoisotopic (exact) mass is 265 g/mol. The van der Waals surface area contributed by atoms with E-state index >= 15 is 0 Å². The molecular weight excluding hydrogens is 238 g/mol. The van der Waals surface area contributed by atoms with E-state index in [1.54, 1.807) is 0 Å². The molecule has 2 atom stereocenters. The molecular formula is C15H27N3O. The summed E-state index contributed by atoms with van der Waals surface area (Å²) in [5.74, 6) is 0. The van der Waals surface area contributed by atoms with E-state index in [0.717, 1.165) is 32.4 Å². The van der Waals surface area contributed by atoms with Crippen molar-refractivity contribution in [1.29, 1.82) is 0 Å². The lowest BCUT2D eigenvalue weighted by Gasteiger charge is -2.33. The molecule has 1 aromatic rings. The first-order valence-electron chi connectivity index (χ1n) is 7.49. The number of likely N-dealkylation sites (N-methyl/N-ethyl adjacent to an activating group) is 1. The van der Waals surface area contributed by atoms with Gasteiger partial charge in [0.05, 0.1) is 11.3 Å². The molecule has 0 aromatic carbocycles. The van der Waals surface area contributed by atoms with Gasteiger partial charge in [0.1, 0.15) is 0 Å². The molecule has 19 heavy (non-hydrogen) atoms. The first-order valence-corrected chi connectivity index (χ1v) is 7.49. The van der Waals surface area contributed by atoms with Gasteiger partial charge in [-0.2, -0.15) is 5.10 Å². The van der Waals surface area contributed by atoms with Crippen molar-refractivity contribution in [2.24, 2.45) is 0 Å². The Morgan fingerprint density at radius 2 is 2.32 bits per heavy atom. The molecule has 2 unspecified atom stereocenters. The molecule has 0 radical (unpaired) electrons. The van der Waals surface area contributed by atoms with Gasteiger partial charge in [-0.05, 0) is 46.2 Å². The van der Waals surface area contributed by atoms with Gasteiger partial charge in [0.15, 0.2) is 0 Å². The molecule has 0 aliphatic carbocycles. The highest BCUT2D eigenvalue weighted by atomic mass is 16.5. The highest BCUT2D eigenvalue weighted by Crippen LogP contribution is 2.30. The maximum atomic E-state index is 5.98. The summed E-state index contributed by atoms with van der Waals surface area (Å²) in [6, 6.07) is 2.59. The van der Waals surface area contributed by atoms with Crippen LogP contribution < -0.4 is 5.32 Å². The third kappa shape index (κ3) is 3.00. The molecule has 1 aliphatic heterocycles. The Labute approximate surface area is 116 Å². The van der Waals surface area contributed by atoms with Crippen molar-refractivity contribution in [3.05, 3.63) is 17.5 Å². The van der Waals surface area contributed by atoms with Gasteiger partial charge < -0.3 is 10.1 Å². The number of hydrogen-bond donors (Lipinski definition) is 1. The van der Waals surface area contributed by atoms with Crippen molar-refractivity contribution < 1.29 is 4.74 Å². The summed E-state index contributed by atoms with van der Waals surface area (Å²) in [6.45, 7) is 8.36. The summed E-state index contributed by atoms with van der Waals surface area (Å²) >= 11 is 0. The SMILES string of the molecule is CCc1cc(CC(NC)C2(C)CCCO2)n(CC)n1. The molecule has 0 spiro atoms. The molecule has 2 rings (SSSR count). The molecule has 1 aliphatic rings. The van der Waals surface area contributed by atoms with Crippen LogP contribution >= 0.6 is 0 Å². The fourth-order valence-corrected chi connectivity index (χ4v) is 3.03. The normalized spacial score (nSPS) is 24.8. The smallest absolute Gasteiger partial charge is 0.0811 e. The fraction of sp³-hybridized carbons (Fsp3) is 0.800. The van der Waals surface area contributed by atoms with Gasteiger partial charge in [-0.25, -0.2) is 0 Å². The van der Waals surface area contributed by atoms with Gasteiger partial charge in [-0.1, -0.05) is 6.92 Å².